The number of hydrogen-bond acceptors (Lipinski definition) is 3. The summed E-state index contributed by atoms with van der Waals surface area (Å²) in [6.45, 7) is 4.14. The number of nitrogens with zero attached hydrogens (tertiary/aromatic N) is 2. The number of rotatable bonds is 0. The van der Waals surface area contributed by atoms with Crippen LogP contribution in [0.15, 0.2) is 18.2 Å². The molecule has 3 rings (SSSR count). The number of piperidine rings is 1. The Bertz CT molecular complexity index is 515. The lowest BCUT2D eigenvalue weighted by atomic mass is 9.89. The number of amides is 1. The lowest BCUT2D eigenvalue weighted by Gasteiger charge is -2.35. The van der Waals surface area contributed by atoms with Gasteiger partial charge in [0.05, 0.1) is 12.8 Å². The number of ether oxygens (including phenoxy) is 1. The summed E-state index contributed by atoms with van der Waals surface area (Å²) in [5, 5.41) is 0. The Kier molecular flexibility index (Phi) is 2.97. The van der Waals surface area contributed by atoms with Crippen LogP contribution in [0, 0.1) is 6.92 Å². The smallest absolute Gasteiger partial charge is 0.414 e. The molecule has 1 amide bonds. The zero-order chi connectivity index (χ0) is 13.6. The van der Waals surface area contributed by atoms with E-state index >= 15 is 0 Å². The van der Waals surface area contributed by atoms with E-state index in [-0.39, 0.29) is 12.1 Å². The second-order valence-electron chi connectivity index (χ2n) is 5.63. The molecule has 2 atom stereocenters. The molecule has 0 N–H and O–H groups in total. The van der Waals surface area contributed by atoms with Crippen molar-refractivity contribution in [2.45, 2.75) is 25.3 Å². The van der Waals surface area contributed by atoms with Gasteiger partial charge in [0.2, 0.25) is 0 Å². The van der Waals surface area contributed by atoms with E-state index in [1.807, 2.05) is 4.90 Å². The SMILES string of the molecule is COC(=O)N1c2ccc(C)cc2[C@H]2CN(C)CC[C@H]21. The van der Waals surface area contributed by atoms with Gasteiger partial charge in [0.1, 0.15) is 0 Å². The number of benzene rings is 1. The molecule has 0 spiro atoms. The fraction of sp³-hybridized carbons (Fsp3) is 0.533. The highest BCUT2D eigenvalue weighted by molar-refractivity contribution is 5.92. The third-order valence-electron chi connectivity index (χ3n) is 4.32. The molecule has 1 saturated heterocycles. The zero-order valence-corrected chi connectivity index (χ0v) is 11.7. The molecule has 19 heavy (non-hydrogen) atoms. The summed E-state index contributed by atoms with van der Waals surface area (Å²) in [5.41, 5.74) is 3.57. The fourth-order valence-electron chi connectivity index (χ4n) is 3.42. The Labute approximate surface area is 113 Å². The summed E-state index contributed by atoms with van der Waals surface area (Å²) < 4.78 is 4.97. The Morgan fingerprint density at radius 3 is 2.95 bits per heavy atom. The van der Waals surface area contributed by atoms with E-state index in [1.165, 1.54) is 18.2 Å². The first-order valence-electron chi connectivity index (χ1n) is 6.78. The second kappa shape index (κ2) is 4.53. The fourth-order valence-corrected chi connectivity index (χ4v) is 3.42. The molecular formula is C15H20N2O2. The van der Waals surface area contributed by atoms with E-state index in [1.54, 1.807) is 0 Å². The maximum atomic E-state index is 12.1. The van der Waals surface area contributed by atoms with Gasteiger partial charge < -0.3 is 9.64 Å². The third-order valence-corrected chi connectivity index (χ3v) is 4.32. The van der Waals surface area contributed by atoms with Crippen molar-refractivity contribution in [3.8, 4) is 0 Å². The first kappa shape index (κ1) is 12.5. The molecular weight excluding hydrogens is 240 g/mol. The molecule has 0 saturated carbocycles. The van der Waals surface area contributed by atoms with Crippen LogP contribution in [0.1, 0.15) is 23.5 Å². The van der Waals surface area contributed by atoms with Gasteiger partial charge >= 0.3 is 6.09 Å². The molecule has 0 radical (unpaired) electrons. The molecule has 2 heterocycles. The Morgan fingerprint density at radius 2 is 2.21 bits per heavy atom. The van der Waals surface area contributed by atoms with Crippen molar-refractivity contribution in [3.63, 3.8) is 0 Å². The van der Waals surface area contributed by atoms with Crippen LogP contribution in [0.3, 0.4) is 0 Å². The lowest BCUT2D eigenvalue weighted by molar-refractivity contribution is 0.168. The van der Waals surface area contributed by atoms with Gasteiger partial charge in [-0.15, -0.1) is 0 Å². The molecule has 4 heteroatoms. The van der Waals surface area contributed by atoms with Crippen LogP contribution in [-0.4, -0.2) is 44.3 Å². The van der Waals surface area contributed by atoms with Crippen LogP contribution >= 0.6 is 0 Å². The number of aryl methyl sites for hydroxylation is 1. The molecule has 102 valence electrons. The Balaban J connectivity index is 2.06. The highest BCUT2D eigenvalue weighted by Gasteiger charge is 2.44. The van der Waals surface area contributed by atoms with E-state index in [0.717, 1.165) is 25.2 Å². The molecule has 0 aliphatic carbocycles. The first-order valence-corrected chi connectivity index (χ1v) is 6.78. The average molecular weight is 260 g/mol. The monoisotopic (exact) mass is 260 g/mol. The predicted molar refractivity (Wildman–Crippen MR) is 74.7 cm³/mol. The van der Waals surface area contributed by atoms with Gasteiger partial charge in [0, 0.05) is 18.5 Å². The summed E-state index contributed by atoms with van der Waals surface area (Å²) in [5.74, 6) is 0.410. The molecule has 2 aliphatic heterocycles. The van der Waals surface area contributed by atoms with Gasteiger partial charge in [-0.3, -0.25) is 4.90 Å². The second-order valence-corrected chi connectivity index (χ2v) is 5.63. The number of likely N-dealkylation sites (N-methyl/N-ethyl adjacent to an activating group) is 1. The Hall–Kier alpha value is -1.55. The van der Waals surface area contributed by atoms with Crippen LogP contribution in [0.5, 0.6) is 0 Å². The van der Waals surface area contributed by atoms with Crippen LogP contribution in [0.25, 0.3) is 0 Å². The molecule has 0 bridgehead atoms. The summed E-state index contributed by atoms with van der Waals surface area (Å²) in [6.07, 6.45) is 0.770. The number of methoxy groups -OCH3 is 1. The van der Waals surface area contributed by atoms with Crippen molar-refractivity contribution in [2.75, 3.05) is 32.1 Å². The lowest BCUT2D eigenvalue weighted by Crippen LogP contribution is -2.47. The highest BCUT2D eigenvalue weighted by atomic mass is 16.5. The minimum Gasteiger partial charge on any atom is -0.452 e. The van der Waals surface area contributed by atoms with Crippen molar-refractivity contribution in [3.05, 3.63) is 29.3 Å². The van der Waals surface area contributed by atoms with E-state index in [4.69, 9.17) is 4.74 Å². The number of fused-ring (bicyclic) bond motifs is 3. The van der Waals surface area contributed by atoms with Crippen molar-refractivity contribution in [1.82, 2.24) is 4.90 Å². The van der Waals surface area contributed by atoms with Crippen molar-refractivity contribution < 1.29 is 9.53 Å². The van der Waals surface area contributed by atoms with E-state index in [2.05, 4.69) is 37.1 Å². The molecule has 2 aliphatic rings. The summed E-state index contributed by atoms with van der Waals surface area (Å²) in [7, 11) is 3.60. The molecule has 0 unspecified atom stereocenters. The number of carbonyl (C=O) groups excluding carboxylic acids is 1. The number of hydrogen-bond donors (Lipinski definition) is 0. The molecule has 0 aromatic heterocycles. The minimum absolute atomic E-state index is 0.234. The van der Waals surface area contributed by atoms with Crippen LogP contribution in [0.4, 0.5) is 10.5 Å². The number of likely N-dealkylation sites (tertiary alicyclic amines) is 1. The minimum atomic E-state index is -0.234. The van der Waals surface area contributed by atoms with Crippen LogP contribution < -0.4 is 4.90 Å². The average Bonchev–Trinajstić information content (AvgIpc) is 2.71. The summed E-state index contributed by atoms with van der Waals surface area (Å²) in [4.78, 5) is 16.3. The number of anilines is 1. The van der Waals surface area contributed by atoms with E-state index in [9.17, 15) is 4.79 Å². The molecule has 1 aromatic rings. The van der Waals surface area contributed by atoms with Gasteiger partial charge in [-0.25, -0.2) is 4.79 Å². The quantitative estimate of drug-likeness (QED) is 0.718. The van der Waals surface area contributed by atoms with Crippen molar-refractivity contribution in [2.24, 2.45) is 0 Å². The van der Waals surface area contributed by atoms with Crippen molar-refractivity contribution >= 4 is 11.8 Å². The van der Waals surface area contributed by atoms with Gasteiger partial charge in [0.25, 0.3) is 0 Å². The highest BCUT2D eigenvalue weighted by Crippen LogP contribution is 2.45. The summed E-state index contributed by atoms with van der Waals surface area (Å²) in [6, 6.07) is 6.59. The maximum Gasteiger partial charge on any atom is 0.414 e. The predicted octanol–water partition coefficient (Wildman–Crippen LogP) is 2.37. The first-order chi connectivity index (χ1) is 9.11. The molecule has 1 fully saturated rings. The largest absolute Gasteiger partial charge is 0.452 e. The van der Waals surface area contributed by atoms with Gasteiger partial charge in [-0.1, -0.05) is 17.7 Å². The maximum absolute atomic E-state index is 12.1. The van der Waals surface area contributed by atoms with Gasteiger partial charge in [-0.2, -0.15) is 0 Å². The zero-order valence-electron chi connectivity index (χ0n) is 11.7. The van der Waals surface area contributed by atoms with Crippen LogP contribution in [-0.2, 0) is 4.74 Å². The molecule has 1 aromatic carbocycles. The standard InChI is InChI=1S/C15H20N2O2/c1-10-4-5-13-11(8-10)12-9-16(2)7-6-14(12)17(13)15(18)19-3/h4-5,8,12,14H,6-7,9H2,1-3H3/t12-,14-/m1/s1. The Morgan fingerprint density at radius 1 is 1.42 bits per heavy atom. The topological polar surface area (TPSA) is 32.8 Å². The van der Waals surface area contributed by atoms with Crippen molar-refractivity contribution in [1.29, 1.82) is 0 Å². The third kappa shape index (κ3) is 1.91. The summed E-state index contributed by atoms with van der Waals surface area (Å²) >= 11 is 0. The van der Waals surface area contributed by atoms with Gasteiger partial charge in [0.15, 0.2) is 0 Å². The van der Waals surface area contributed by atoms with E-state index < -0.39 is 0 Å². The normalized spacial score (nSPS) is 25.9. The van der Waals surface area contributed by atoms with E-state index in [0.29, 0.717) is 5.92 Å². The van der Waals surface area contributed by atoms with Crippen LogP contribution in [0.2, 0.25) is 0 Å². The molecule has 4 nitrogen and oxygen atoms in total. The number of carbonyl (C=O) groups is 1. The van der Waals surface area contributed by atoms with Gasteiger partial charge in [-0.05, 0) is 38.6 Å².